The molecule has 5 rings (SSSR count). The summed E-state index contributed by atoms with van der Waals surface area (Å²) in [6, 6.07) is 23.6. The normalized spacial score (nSPS) is 11.1. The van der Waals surface area contributed by atoms with Gasteiger partial charge in [0.25, 0.3) is 5.56 Å². The van der Waals surface area contributed by atoms with Gasteiger partial charge in [-0.3, -0.25) is 14.2 Å². The number of halogens is 1. The Bertz CT molecular complexity index is 1500. The van der Waals surface area contributed by atoms with E-state index < -0.39 is 0 Å². The van der Waals surface area contributed by atoms with Gasteiger partial charge >= 0.3 is 0 Å². The number of aromatic nitrogens is 4. The van der Waals surface area contributed by atoms with E-state index in [0.717, 1.165) is 5.69 Å². The standard InChI is InChI=1S/C25H17ClN4O2/c1-16(31)17-7-9-18(10-8-17)23-28-24-22(15-27-30(24)21-5-3-2-4-6-21)25(32)29(23)20-13-11-19(26)12-14-20/h2-15H,1H3. The average Bonchev–Trinajstić information content (AvgIpc) is 3.25. The van der Waals surface area contributed by atoms with Crippen molar-refractivity contribution >= 4 is 28.4 Å². The third kappa shape index (κ3) is 3.40. The largest absolute Gasteiger partial charge is 0.295 e. The van der Waals surface area contributed by atoms with Crippen molar-refractivity contribution < 1.29 is 4.79 Å². The highest BCUT2D eigenvalue weighted by Gasteiger charge is 2.18. The molecule has 0 aliphatic rings. The number of rotatable bonds is 4. The Morgan fingerprint density at radius 1 is 0.875 bits per heavy atom. The Morgan fingerprint density at radius 3 is 2.22 bits per heavy atom. The molecule has 0 fully saturated rings. The third-order valence-corrected chi connectivity index (χ3v) is 5.49. The molecule has 5 aromatic rings. The minimum absolute atomic E-state index is 0.0304. The zero-order valence-corrected chi connectivity index (χ0v) is 17.8. The van der Waals surface area contributed by atoms with E-state index >= 15 is 0 Å². The molecule has 0 aliphatic heterocycles. The molecule has 2 aromatic heterocycles. The van der Waals surface area contributed by atoms with Crippen LogP contribution in [0.2, 0.25) is 5.02 Å². The van der Waals surface area contributed by atoms with E-state index in [-0.39, 0.29) is 11.3 Å². The van der Waals surface area contributed by atoms with Crippen LogP contribution in [0.1, 0.15) is 17.3 Å². The van der Waals surface area contributed by atoms with Gasteiger partial charge in [-0.2, -0.15) is 5.10 Å². The molecule has 0 bridgehead atoms. The van der Waals surface area contributed by atoms with Gasteiger partial charge in [0, 0.05) is 16.1 Å². The van der Waals surface area contributed by atoms with Crippen molar-refractivity contribution in [1.82, 2.24) is 19.3 Å². The summed E-state index contributed by atoms with van der Waals surface area (Å²) in [5, 5.41) is 5.39. The Kier molecular flexibility index (Phi) is 4.92. The van der Waals surface area contributed by atoms with Gasteiger partial charge in [0.05, 0.1) is 17.6 Å². The molecule has 0 atom stereocenters. The van der Waals surface area contributed by atoms with Gasteiger partial charge in [-0.15, -0.1) is 0 Å². The van der Waals surface area contributed by atoms with Crippen molar-refractivity contribution in [2.75, 3.05) is 0 Å². The second kappa shape index (κ2) is 7.90. The monoisotopic (exact) mass is 440 g/mol. The summed E-state index contributed by atoms with van der Waals surface area (Å²) < 4.78 is 3.19. The molecule has 0 aliphatic carbocycles. The van der Waals surface area contributed by atoms with E-state index in [9.17, 15) is 9.59 Å². The Morgan fingerprint density at radius 2 is 1.56 bits per heavy atom. The fourth-order valence-corrected chi connectivity index (χ4v) is 3.73. The van der Waals surface area contributed by atoms with Crippen molar-refractivity contribution in [1.29, 1.82) is 0 Å². The minimum Gasteiger partial charge on any atom is -0.295 e. The summed E-state index contributed by atoms with van der Waals surface area (Å²) in [7, 11) is 0. The molecule has 156 valence electrons. The lowest BCUT2D eigenvalue weighted by Crippen LogP contribution is -2.22. The van der Waals surface area contributed by atoms with Gasteiger partial charge in [0.15, 0.2) is 11.4 Å². The molecule has 3 aromatic carbocycles. The molecule has 0 N–H and O–H groups in total. The van der Waals surface area contributed by atoms with E-state index in [1.165, 1.54) is 13.1 Å². The Balaban J connectivity index is 1.82. The minimum atomic E-state index is -0.245. The summed E-state index contributed by atoms with van der Waals surface area (Å²) in [5.41, 5.74) is 2.93. The Hall–Kier alpha value is -4.03. The van der Waals surface area contributed by atoms with E-state index in [1.807, 2.05) is 30.3 Å². The maximum Gasteiger partial charge on any atom is 0.269 e. The molecular formula is C25H17ClN4O2. The summed E-state index contributed by atoms with van der Waals surface area (Å²) >= 11 is 6.06. The number of benzene rings is 3. The number of hydrogen-bond acceptors (Lipinski definition) is 4. The number of carbonyl (C=O) groups excluding carboxylic acids is 1. The molecular weight excluding hydrogens is 424 g/mol. The molecule has 6 nitrogen and oxygen atoms in total. The zero-order valence-electron chi connectivity index (χ0n) is 17.1. The van der Waals surface area contributed by atoms with Crippen LogP contribution in [0, 0.1) is 0 Å². The number of para-hydroxylation sites is 1. The first-order chi connectivity index (χ1) is 15.5. The lowest BCUT2D eigenvalue weighted by Gasteiger charge is -2.14. The summed E-state index contributed by atoms with van der Waals surface area (Å²) in [6.45, 7) is 1.52. The topological polar surface area (TPSA) is 69.8 Å². The highest BCUT2D eigenvalue weighted by atomic mass is 35.5. The number of fused-ring (bicyclic) bond motifs is 1. The maximum absolute atomic E-state index is 13.6. The number of carbonyl (C=O) groups is 1. The summed E-state index contributed by atoms with van der Waals surface area (Å²) in [6.07, 6.45) is 1.53. The highest BCUT2D eigenvalue weighted by molar-refractivity contribution is 6.30. The van der Waals surface area contributed by atoms with Crippen LogP contribution in [-0.4, -0.2) is 25.1 Å². The van der Waals surface area contributed by atoms with Crippen LogP contribution in [0.3, 0.4) is 0 Å². The molecule has 0 spiro atoms. The van der Waals surface area contributed by atoms with Gasteiger partial charge in [-0.05, 0) is 43.3 Å². The smallest absolute Gasteiger partial charge is 0.269 e. The SMILES string of the molecule is CC(=O)c1ccc(-c2nc3c(cnn3-c3ccccc3)c(=O)n2-c2ccc(Cl)cc2)cc1. The van der Waals surface area contributed by atoms with Gasteiger partial charge in [0.2, 0.25) is 0 Å². The van der Waals surface area contributed by atoms with E-state index in [4.69, 9.17) is 16.6 Å². The molecule has 0 saturated heterocycles. The molecule has 0 radical (unpaired) electrons. The first-order valence-corrected chi connectivity index (χ1v) is 10.3. The molecule has 2 heterocycles. The van der Waals surface area contributed by atoms with Gasteiger partial charge in [-0.25, -0.2) is 9.67 Å². The lowest BCUT2D eigenvalue weighted by molar-refractivity contribution is 0.101. The molecule has 7 heteroatoms. The highest BCUT2D eigenvalue weighted by Crippen LogP contribution is 2.24. The fourth-order valence-electron chi connectivity index (χ4n) is 3.60. The fraction of sp³-hybridized carbons (Fsp3) is 0.0400. The Labute approximate surface area is 188 Å². The number of ketones is 1. The van der Waals surface area contributed by atoms with E-state index in [1.54, 1.807) is 57.8 Å². The van der Waals surface area contributed by atoms with Crippen molar-refractivity contribution in [3.63, 3.8) is 0 Å². The quantitative estimate of drug-likeness (QED) is 0.365. The molecule has 32 heavy (non-hydrogen) atoms. The summed E-state index contributed by atoms with van der Waals surface area (Å²) in [5.74, 6) is 0.412. The van der Waals surface area contributed by atoms with Crippen LogP contribution in [0.4, 0.5) is 0 Å². The van der Waals surface area contributed by atoms with Crippen LogP contribution in [0.25, 0.3) is 33.8 Å². The first kappa shape index (κ1) is 19.9. The predicted octanol–water partition coefficient (Wildman–Crippen LogP) is 5.09. The van der Waals surface area contributed by atoms with Crippen LogP contribution >= 0.6 is 11.6 Å². The maximum atomic E-state index is 13.6. The van der Waals surface area contributed by atoms with E-state index in [0.29, 0.717) is 38.7 Å². The van der Waals surface area contributed by atoms with Crippen LogP contribution in [0.5, 0.6) is 0 Å². The average molecular weight is 441 g/mol. The van der Waals surface area contributed by atoms with Crippen LogP contribution in [0.15, 0.2) is 89.9 Å². The van der Waals surface area contributed by atoms with Crippen molar-refractivity contribution in [3.8, 4) is 22.8 Å². The third-order valence-electron chi connectivity index (χ3n) is 5.24. The zero-order chi connectivity index (χ0) is 22.2. The van der Waals surface area contributed by atoms with Crippen molar-refractivity contribution in [2.24, 2.45) is 0 Å². The van der Waals surface area contributed by atoms with Gasteiger partial charge < -0.3 is 0 Å². The number of hydrogen-bond donors (Lipinski definition) is 0. The number of Topliss-reactive ketones (excluding diaryl/α,β-unsaturated/α-hetero) is 1. The van der Waals surface area contributed by atoms with E-state index in [2.05, 4.69) is 5.10 Å². The molecule has 0 amide bonds. The van der Waals surface area contributed by atoms with Crippen LogP contribution in [-0.2, 0) is 0 Å². The van der Waals surface area contributed by atoms with Crippen molar-refractivity contribution in [2.45, 2.75) is 6.92 Å². The summed E-state index contributed by atoms with van der Waals surface area (Å²) in [4.78, 5) is 30.2. The molecule has 0 saturated carbocycles. The number of nitrogens with zero attached hydrogens (tertiary/aromatic N) is 4. The van der Waals surface area contributed by atoms with Crippen molar-refractivity contribution in [3.05, 3.63) is 106 Å². The van der Waals surface area contributed by atoms with Gasteiger partial charge in [0.1, 0.15) is 11.2 Å². The first-order valence-electron chi connectivity index (χ1n) is 9.96. The predicted molar refractivity (Wildman–Crippen MR) is 125 cm³/mol. The molecule has 0 unspecified atom stereocenters. The van der Waals surface area contributed by atoms with Gasteiger partial charge in [-0.1, -0.05) is 54.1 Å². The lowest BCUT2D eigenvalue weighted by atomic mass is 10.1. The second-order valence-corrected chi connectivity index (χ2v) is 7.75. The van der Waals surface area contributed by atoms with Crippen LogP contribution < -0.4 is 5.56 Å². The second-order valence-electron chi connectivity index (χ2n) is 7.32.